The molecule has 0 spiro atoms. The van der Waals surface area contributed by atoms with E-state index in [9.17, 15) is 13.2 Å². The van der Waals surface area contributed by atoms with E-state index in [0.29, 0.717) is 21.5 Å². The summed E-state index contributed by atoms with van der Waals surface area (Å²) in [5.41, 5.74) is 5.75. The van der Waals surface area contributed by atoms with Crippen LogP contribution in [0, 0.1) is 13.8 Å². The van der Waals surface area contributed by atoms with Crippen LogP contribution in [-0.4, -0.2) is 38.8 Å². The number of methoxy groups -OCH3 is 1. The normalized spacial score (nSPS) is 11.6. The molecule has 4 aromatic rings. The molecule has 0 bridgehead atoms. The molecule has 1 aromatic heterocycles. The third kappa shape index (κ3) is 6.13. The molecule has 12 heteroatoms. The Bertz CT molecular complexity index is 1690. The molecule has 0 atom stereocenters. The van der Waals surface area contributed by atoms with Crippen LogP contribution in [-0.2, 0) is 14.8 Å². The molecule has 8 nitrogen and oxygen atoms in total. The third-order valence-corrected chi connectivity index (χ3v) is 8.97. The van der Waals surface area contributed by atoms with Crippen LogP contribution in [0.1, 0.15) is 17.0 Å². The zero-order chi connectivity index (χ0) is 29.0. The van der Waals surface area contributed by atoms with Crippen molar-refractivity contribution in [1.29, 1.82) is 0 Å². The summed E-state index contributed by atoms with van der Waals surface area (Å²) >= 11 is 18.9. The average molecular weight is 620 g/mol. The van der Waals surface area contributed by atoms with Crippen LogP contribution in [0.4, 0.5) is 5.69 Å². The number of hydrazone groups is 1. The molecule has 1 amide bonds. The monoisotopic (exact) mass is 618 g/mol. The predicted molar refractivity (Wildman–Crippen MR) is 160 cm³/mol. The number of hydrogen-bond donors (Lipinski definition) is 1. The summed E-state index contributed by atoms with van der Waals surface area (Å²) in [6.07, 6.45) is 1.48. The number of aryl methyl sites for hydroxylation is 1. The SMILES string of the molecule is COc1ccc(N(CC(=O)N/N=C/c2cc(C)n(-c3cccc(Cl)c3Cl)c2C)S(=O)(=O)c2ccccc2)cc1Cl. The Morgan fingerprint density at radius 2 is 1.73 bits per heavy atom. The smallest absolute Gasteiger partial charge is 0.264 e. The first kappa shape index (κ1) is 29.5. The van der Waals surface area contributed by atoms with Crippen molar-refractivity contribution < 1.29 is 17.9 Å². The molecule has 0 aliphatic carbocycles. The fourth-order valence-electron chi connectivity index (χ4n) is 4.14. The third-order valence-electron chi connectivity index (χ3n) is 6.08. The number of carbonyl (C=O) groups excluding carboxylic acids is 1. The van der Waals surface area contributed by atoms with Gasteiger partial charge in [-0.25, -0.2) is 13.8 Å². The van der Waals surface area contributed by atoms with Gasteiger partial charge >= 0.3 is 0 Å². The van der Waals surface area contributed by atoms with E-state index in [4.69, 9.17) is 39.5 Å². The lowest BCUT2D eigenvalue weighted by atomic mass is 10.2. The molecule has 1 heterocycles. The van der Waals surface area contributed by atoms with Crippen LogP contribution < -0.4 is 14.5 Å². The van der Waals surface area contributed by atoms with Gasteiger partial charge in [-0.15, -0.1) is 0 Å². The number of sulfonamides is 1. The quantitative estimate of drug-likeness (QED) is 0.173. The van der Waals surface area contributed by atoms with Crippen molar-refractivity contribution in [1.82, 2.24) is 9.99 Å². The Morgan fingerprint density at radius 3 is 2.40 bits per heavy atom. The largest absolute Gasteiger partial charge is 0.495 e. The molecule has 0 unspecified atom stereocenters. The Hall–Kier alpha value is -3.50. The zero-order valence-electron chi connectivity index (χ0n) is 21.7. The van der Waals surface area contributed by atoms with E-state index < -0.39 is 22.5 Å². The number of anilines is 1. The molecule has 0 aliphatic heterocycles. The van der Waals surface area contributed by atoms with Gasteiger partial charge in [-0.3, -0.25) is 9.10 Å². The topological polar surface area (TPSA) is 93.0 Å². The Kier molecular flexibility index (Phi) is 9.10. The number of halogens is 3. The minimum atomic E-state index is -4.12. The molecule has 0 aliphatic rings. The second-order valence-corrected chi connectivity index (χ2v) is 11.7. The zero-order valence-corrected chi connectivity index (χ0v) is 24.8. The van der Waals surface area contributed by atoms with Gasteiger partial charge in [-0.1, -0.05) is 59.1 Å². The lowest BCUT2D eigenvalue weighted by Crippen LogP contribution is -2.39. The van der Waals surface area contributed by atoms with E-state index in [0.717, 1.165) is 21.3 Å². The molecular formula is C28H25Cl3N4O4S. The maximum atomic E-state index is 13.5. The number of carbonyl (C=O) groups is 1. The Labute approximate surface area is 247 Å². The van der Waals surface area contributed by atoms with Gasteiger partial charge in [0.15, 0.2) is 0 Å². The molecule has 4 rings (SSSR count). The summed E-state index contributed by atoms with van der Waals surface area (Å²) in [5.74, 6) is -0.289. The van der Waals surface area contributed by atoms with Crippen molar-refractivity contribution in [2.45, 2.75) is 18.7 Å². The van der Waals surface area contributed by atoms with Gasteiger partial charge in [-0.05, 0) is 62.4 Å². The van der Waals surface area contributed by atoms with Crippen molar-refractivity contribution in [3.8, 4) is 11.4 Å². The van der Waals surface area contributed by atoms with E-state index in [2.05, 4.69) is 10.5 Å². The molecule has 3 aromatic carbocycles. The number of nitrogens with zero attached hydrogens (tertiary/aromatic N) is 3. The summed E-state index contributed by atoms with van der Waals surface area (Å²) in [7, 11) is -2.67. The summed E-state index contributed by atoms with van der Waals surface area (Å²) in [5, 5.41) is 5.12. The molecule has 0 saturated carbocycles. The molecule has 0 saturated heterocycles. The van der Waals surface area contributed by atoms with Gasteiger partial charge in [0.05, 0.1) is 44.7 Å². The summed E-state index contributed by atoms with van der Waals surface area (Å²) in [4.78, 5) is 13.0. The number of nitrogens with one attached hydrogen (secondary N) is 1. The van der Waals surface area contributed by atoms with Crippen molar-refractivity contribution in [3.05, 3.63) is 105 Å². The number of hydrogen-bond acceptors (Lipinski definition) is 5. The number of ether oxygens (including phenoxy) is 1. The molecule has 0 radical (unpaired) electrons. The second kappa shape index (κ2) is 12.3. The number of aromatic nitrogens is 1. The van der Waals surface area contributed by atoms with Crippen LogP contribution in [0.25, 0.3) is 5.69 Å². The number of rotatable bonds is 9. The van der Waals surface area contributed by atoms with Crippen molar-refractivity contribution in [3.63, 3.8) is 0 Å². The highest BCUT2D eigenvalue weighted by atomic mass is 35.5. The fraction of sp³-hybridized carbons (Fsp3) is 0.143. The van der Waals surface area contributed by atoms with Crippen molar-refractivity contribution in [2.24, 2.45) is 5.10 Å². The molecule has 1 N–H and O–H groups in total. The average Bonchev–Trinajstić information content (AvgIpc) is 3.21. The lowest BCUT2D eigenvalue weighted by molar-refractivity contribution is -0.119. The van der Waals surface area contributed by atoms with E-state index in [1.165, 1.54) is 43.7 Å². The predicted octanol–water partition coefficient (Wildman–Crippen LogP) is 6.41. The lowest BCUT2D eigenvalue weighted by Gasteiger charge is -2.24. The van der Waals surface area contributed by atoms with Gasteiger partial charge in [0.1, 0.15) is 12.3 Å². The Balaban J connectivity index is 1.58. The van der Waals surface area contributed by atoms with E-state index in [-0.39, 0.29) is 15.6 Å². The standard InChI is InChI=1S/C28H25Cl3N4O4S/c1-18-14-20(19(2)35(18)25-11-7-10-23(29)28(25)31)16-32-33-27(36)17-34(21-12-13-26(39-3)24(30)15-21)40(37,38)22-8-5-4-6-9-22/h4-16H,17H2,1-3H3,(H,33,36)/b32-16+. The first-order valence-electron chi connectivity index (χ1n) is 11.9. The van der Waals surface area contributed by atoms with Crippen LogP contribution >= 0.6 is 34.8 Å². The highest BCUT2D eigenvalue weighted by Gasteiger charge is 2.27. The highest BCUT2D eigenvalue weighted by molar-refractivity contribution is 7.92. The van der Waals surface area contributed by atoms with E-state index >= 15 is 0 Å². The van der Waals surface area contributed by atoms with Crippen molar-refractivity contribution in [2.75, 3.05) is 18.0 Å². The van der Waals surface area contributed by atoms with Crippen LogP contribution in [0.5, 0.6) is 5.75 Å². The van der Waals surface area contributed by atoms with Gasteiger partial charge in [0.25, 0.3) is 15.9 Å². The van der Waals surface area contributed by atoms with Gasteiger partial charge in [-0.2, -0.15) is 5.10 Å². The van der Waals surface area contributed by atoms with E-state index in [1.807, 2.05) is 36.6 Å². The van der Waals surface area contributed by atoms with Crippen LogP contribution in [0.3, 0.4) is 0 Å². The minimum Gasteiger partial charge on any atom is -0.495 e. The van der Waals surface area contributed by atoms with Gasteiger partial charge < -0.3 is 9.30 Å². The number of benzene rings is 3. The summed E-state index contributed by atoms with van der Waals surface area (Å²) in [6.45, 7) is 3.25. The van der Waals surface area contributed by atoms with Gasteiger partial charge in [0, 0.05) is 17.0 Å². The van der Waals surface area contributed by atoms with Crippen LogP contribution in [0.15, 0.2) is 82.8 Å². The first-order valence-corrected chi connectivity index (χ1v) is 14.5. The minimum absolute atomic E-state index is 0.0188. The summed E-state index contributed by atoms with van der Waals surface area (Å²) < 4.78 is 35.1. The Morgan fingerprint density at radius 1 is 1.00 bits per heavy atom. The highest BCUT2D eigenvalue weighted by Crippen LogP contribution is 2.33. The molecule has 208 valence electrons. The molecule has 0 fully saturated rings. The van der Waals surface area contributed by atoms with E-state index in [1.54, 1.807) is 24.3 Å². The van der Waals surface area contributed by atoms with Gasteiger partial charge in [0.2, 0.25) is 0 Å². The fourth-order valence-corrected chi connectivity index (χ4v) is 6.20. The maximum Gasteiger partial charge on any atom is 0.264 e. The number of amides is 1. The maximum absolute atomic E-state index is 13.5. The van der Waals surface area contributed by atoms with Crippen LogP contribution in [0.2, 0.25) is 15.1 Å². The first-order chi connectivity index (χ1) is 19.0. The van der Waals surface area contributed by atoms with Crippen molar-refractivity contribution >= 4 is 62.6 Å². The molecular weight excluding hydrogens is 595 g/mol. The molecule has 40 heavy (non-hydrogen) atoms. The summed E-state index contributed by atoms with van der Waals surface area (Å²) in [6, 6.07) is 19.5. The second-order valence-electron chi connectivity index (χ2n) is 8.67.